The smallest absolute Gasteiger partial charge is 0.407 e. The fraction of sp³-hybridized carbons (Fsp3) is 0.697. The summed E-state index contributed by atoms with van der Waals surface area (Å²) in [5, 5.41) is 3.23. The van der Waals surface area contributed by atoms with Crippen molar-refractivity contribution in [3.05, 3.63) is 34.4 Å². The van der Waals surface area contributed by atoms with Crippen molar-refractivity contribution in [3.63, 3.8) is 0 Å². The van der Waals surface area contributed by atoms with Gasteiger partial charge in [0.15, 0.2) is 17.3 Å². The molecule has 0 saturated heterocycles. The van der Waals surface area contributed by atoms with E-state index in [1.807, 2.05) is 19.9 Å². The van der Waals surface area contributed by atoms with E-state index >= 15 is 0 Å². The molecule has 6 atom stereocenters. The van der Waals surface area contributed by atoms with Gasteiger partial charge < -0.3 is 19.5 Å². The fourth-order valence-electron chi connectivity index (χ4n) is 9.44. The molecule has 0 heterocycles. The third kappa shape index (κ3) is 3.79. The van der Waals surface area contributed by atoms with Gasteiger partial charge >= 0.3 is 6.09 Å². The lowest BCUT2D eigenvalue weighted by molar-refractivity contribution is -0.150. The summed E-state index contributed by atoms with van der Waals surface area (Å²) in [5.41, 5.74) is 3.50. The quantitative estimate of drug-likeness (QED) is 0.436. The third-order valence-electron chi connectivity index (χ3n) is 12.0. The lowest BCUT2D eigenvalue weighted by Crippen LogP contribution is -2.64. The van der Waals surface area contributed by atoms with Gasteiger partial charge in [-0.15, -0.1) is 0 Å². The summed E-state index contributed by atoms with van der Waals surface area (Å²) in [5.74, 6) is 1.82. The molecule has 0 aromatic heterocycles. The lowest BCUT2D eigenvalue weighted by atomic mass is 9.35. The topological polar surface area (TPSA) is 73.9 Å². The number of amides is 1. The van der Waals surface area contributed by atoms with E-state index in [-0.39, 0.29) is 39.1 Å². The molecule has 39 heavy (non-hydrogen) atoms. The summed E-state index contributed by atoms with van der Waals surface area (Å²) in [6.07, 6.45) is 8.85. The van der Waals surface area contributed by atoms with Crippen LogP contribution in [0.3, 0.4) is 0 Å². The maximum absolute atomic E-state index is 13.9. The molecule has 6 heteroatoms. The first kappa shape index (κ1) is 28.0. The molecular formula is C33H47NO5. The Morgan fingerprint density at radius 1 is 1.00 bits per heavy atom. The molecule has 214 valence electrons. The van der Waals surface area contributed by atoms with E-state index in [1.165, 1.54) is 5.57 Å². The van der Waals surface area contributed by atoms with Crippen molar-refractivity contribution in [2.75, 3.05) is 20.8 Å². The van der Waals surface area contributed by atoms with Crippen LogP contribution in [-0.2, 0) is 10.2 Å². The minimum atomic E-state index is -0.319. The lowest BCUT2D eigenvalue weighted by Gasteiger charge is -2.70. The van der Waals surface area contributed by atoms with E-state index in [4.69, 9.17) is 14.2 Å². The van der Waals surface area contributed by atoms with Crippen LogP contribution < -0.4 is 14.8 Å². The number of methoxy groups -OCH3 is 2. The zero-order valence-electron chi connectivity index (χ0n) is 25.4. The van der Waals surface area contributed by atoms with Crippen LogP contribution in [-0.4, -0.2) is 38.2 Å². The molecule has 0 aliphatic heterocycles. The Bertz CT molecular complexity index is 1250. The van der Waals surface area contributed by atoms with E-state index in [2.05, 4.69) is 46.0 Å². The van der Waals surface area contributed by atoms with Crippen molar-refractivity contribution in [2.45, 2.75) is 104 Å². The van der Waals surface area contributed by atoms with Gasteiger partial charge in [-0.3, -0.25) is 4.79 Å². The first-order chi connectivity index (χ1) is 18.2. The number of allylic oxidation sites excluding steroid dienone is 2. The first-order valence-electron chi connectivity index (χ1n) is 14.7. The normalized spacial score (nSPS) is 38.8. The minimum absolute atomic E-state index is 0.00719. The number of carbonyl (C=O) groups excluding carboxylic acids is 2. The van der Waals surface area contributed by atoms with Crippen LogP contribution in [0.25, 0.3) is 0 Å². The Labute approximate surface area is 234 Å². The largest absolute Gasteiger partial charge is 0.493 e. The average Bonchev–Trinajstić information content (AvgIpc) is 2.88. The predicted octanol–water partition coefficient (Wildman–Crippen LogP) is 7.30. The van der Waals surface area contributed by atoms with Crippen molar-refractivity contribution in [2.24, 2.45) is 22.2 Å². The number of carbonyl (C=O) groups is 2. The second-order valence-corrected chi connectivity index (χ2v) is 14.0. The molecule has 0 unspecified atom stereocenters. The summed E-state index contributed by atoms with van der Waals surface area (Å²) in [7, 11) is 3.30. The van der Waals surface area contributed by atoms with Gasteiger partial charge in [-0.2, -0.15) is 0 Å². The highest BCUT2D eigenvalue weighted by Crippen LogP contribution is 2.74. The highest BCUT2D eigenvalue weighted by atomic mass is 16.5. The Morgan fingerprint density at radius 2 is 1.69 bits per heavy atom. The molecule has 6 nitrogen and oxygen atoms in total. The number of hydrogen-bond acceptors (Lipinski definition) is 5. The van der Waals surface area contributed by atoms with Crippen molar-refractivity contribution in [3.8, 4) is 11.5 Å². The molecule has 4 aliphatic carbocycles. The number of nitrogens with one attached hydrogen (secondary N) is 1. The molecule has 1 aromatic rings. The van der Waals surface area contributed by atoms with E-state index < -0.39 is 0 Å². The summed E-state index contributed by atoms with van der Waals surface area (Å²) >= 11 is 0. The summed E-state index contributed by atoms with van der Waals surface area (Å²) in [6, 6.07) is 2.06. The number of ether oxygens (including phenoxy) is 3. The molecule has 0 spiro atoms. The molecule has 3 saturated carbocycles. The van der Waals surface area contributed by atoms with Crippen LogP contribution >= 0.6 is 0 Å². The number of rotatable bonds is 4. The summed E-state index contributed by atoms with van der Waals surface area (Å²) in [4.78, 5) is 26.4. The predicted molar refractivity (Wildman–Crippen MR) is 153 cm³/mol. The SMILES string of the molecule is CCOC(=O)N[C@]1(C)CC[C@]2(C)CC[C@]3(C)C4=CC(=O)c5c(cc(OC)c(OC)c5C)[C@]4(C)CC[C@@]3(C)[C@@H]2C1. The van der Waals surface area contributed by atoms with E-state index in [1.54, 1.807) is 14.2 Å². The van der Waals surface area contributed by atoms with Crippen LogP contribution in [0.1, 0.15) is 108 Å². The second-order valence-electron chi connectivity index (χ2n) is 14.0. The third-order valence-corrected chi connectivity index (χ3v) is 12.0. The van der Waals surface area contributed by atoms with Gasteiger partial charge in [-0.1, -0.05) is 27.7 Å². The number of benzene rings is 1. The van der Waals surface area contributed by atoms with Crippen LogP contribution in [0.5, 0.6) is 11.5 Å². The van der Waals surface area contributed by atoms with Gasteiger partial charge in [0.05, 0.1) is 20.8 Å². The molecule has 3 fully saturated rings. The zero-order valence-corrected chi connectivity index (χ0v) is 25.4. The van der Waals surface area contributed by atoms with Crippen molar-refractivity contribution >= 4 is 11.9 Å². The van der Waals surface area contributed by atoms with Gasteiger partial charge in [-0.25, -0.2) is 4.79 Å². The highest BCUT2D eigenvalue weighted by molar-refractivity contribution is 6.10. The van der Waals surface area contributed by atoms with Crippen molar-refractivity contribution in [1.82, 2.24) is 5.32 Å². The summed E-state index contributed by atoms with van der Waals surface area (Å²) in [6.45, 7) is 16.1. The number of fused-ring (bicyclic) bond motifs is 7. The van der Waals surface area contributed by atoms with Gasteiger partial charge in [-0.05, 0) is 111 Å². The highest BCUT2D eigenvalue weighted by Gasteiger charge is 2.67. The van der Waals surface area contributed by atoms with Gasteiger partial charge in [0, 0.05) is 22.1 Å². The van der Waals surface area contributed by atoms with E-state index in [9.17, 15) is 9.59 Å². The molecular weight excluding hydrogens is 490 g/mol. The number of hydrogen-bond donors (Lipinski definition) is 1. The van der Waals surface area contributed by atoms with Crippen LogP contribution in [0.15, 0.2) is 17.7 Å². The molecule has 1 N–H and O–H groups in total. The van der Waals surface area contributed by atoms with Crippen molar-refractivity contribution < 1.29 is 23.8 Å². The second kappa shape index (κ2) is 9.01. The van der Waals surface area contributed by atoms with Crippen molar-refractivity contribution in [1.29, 1.82) is 0 Å². The van der Waals surface area contributed by atoms with Gasteiger partial charge in [0.25, 0.3) is 0 Å². The first-order valence-corrected chi connectivity index (χ1v) is 14.7. The monoisotopic (exact) mass is 537 g/mol. The van der Waals surface area contributed by atoms with Gasteiger partial charge in [0.1, 0.15) is 0 Å². The van der Waals surface area contributed by atoms with Gasteiger partial charge in [0.2, 0.25) is 0 Å². The fourth-order valence-corrected chi connectivity index (χ4v) is 9.44. The standard InChI is InChI=1S/C33H47NO5/c1-10-39-28(36)34-30(4)13-11-29(3)12-15-32(6)24-18-22(35)26-20(2)27(38-9)23(37-8)17-21(26)31(24,5)14-16-33(32,7)25(29)19-30/h17-18,25H,10-16,19H2,1-9H3,(H,34,36)/t25-,29-,30-,31+,32-,33+/m1/s1. The van der Waals surface area contributed by atoms with Crippen LogP contribution in [0.4, 0.5) is 4.79 Å². The van der Waals surface area contributed by atoms with E-state index in [0.29, 0.717) is 24.0 Å². The Balaban J connectivity index is 1.60. The number of ketones is 1. The Morgan fingerprint density at radius 3 is 2.33 bits per heavy atom. The van der Waals surface area contributed by atoms with E-state index in [0.717, 1.165) is 61.6 Å². The molecule has 5 rings (SSSR count). The molecule has 0 radical (unpaired) electrons. The van der Waals surface area contributed by atoms with Crippen LogP contribution in [0.2, 0.25) is 0 Å². The number of alkyl carbamates (subject to hydrolysis) is 1. The summed E-state index contributed by atoms with van der Waals surface area (Å²) < 4.78 is 16.7. The Hall–Kier alpha value is -2.50. The maximum atomic E-state index is 13.9. The van der Waals surface area contributed by atoms with Crippen LogP contribution in [0, 0.1) is 29.1 Å². The molecule has 1 amide bonds. The minimum Gasteiger partial charge on any atom is -0.493 e. The average molecular weight is 538 g/mol. The molecule has 1 aromatic carbocycles. The zero-order chi connectivity index (χ0) is 28.6. The maximum Gasteiger partial charge on any atom is 0.407 e. The molecule has 4 aliphatic rings. The Kier molecular flexibility index (Phi) is 6.48. The molecule has 0 bridgehead atoms.